The van der Waals surface area contributed by atoms with Crippen molar-refractivity contribution in [3.05, 3.63) is 23.8 Å². The Morgan fingerprint density at radius 3 is 2.48 bits per heavy atom. The molecule has 1 aromatic carbocycles. The van der Waals surface area contributed by atoms with Gasteiger partial charge in [0.05, 0.1) is 5.69 Å². The number of nitrogen functional groups attached to an aromatic ring is 1. The molecule has 1 saturated heterocycles. The van der Waals surface area contributed by atoms with Gasteiger partial charge in [-0.2, -0.15) is 4.31 Å². The van der Waals surface area contributed by atoms with Crippen molar-refractivity contribution in [2.24, 2.45) is 0 Å². The Morgan fingerprint density at radius 1 is 1.24 bits per heavy atom. The summed E-state index contributed by atoms with van der Waals surface area (Å²) >= 11 is 0. The lowest BCUT2D eigenvalue weighted by Gasteiger charge is -2.21. The maximum Gasteiger partial charge on any atom is 0.245 e. The molecule has 5 nitrogen and oxygen atoms in total. The maximum absolute atomic E-state index is 13.7. The van der Waals surface area contributed by atoms with E-state index in [1.54, 1.807) is 0 Å². The highest BCUT2D eigenvalue weighted by atomic mass is 32.2. The number of nitrogens with zero attached hydrogens (tertiary/aromatic N) is 2. The summed E-state index contributed by atoms with van der Waals surface area (Å²) in [5.41, 5.74) is 4.94. The van der Waals surface area contributed by atoms with E-state index in [0.29, 0.717) is 12.6 Å². The van der Waals surface area contributed by atoms with Crippen LogP contribution in [0.3, 0.4) is 0 Å². The summed E-state index contributed by atoms with van der Waals surface area (Å²) < 4.78 is 52.5. The van der Waals surface area contributed by atoms with Crippen LogP contribution >= 0.6 is 0 Å². The monoisotopic (exact) mass is 319 g/mol. The molecule has 0 radical (unpaired) electrons. The topological polar surface area (TPSA) is 66.6 Å². The Kier molecular flexibility index (Phi) is 4.80. The minimum atomic E-state index is -4.02. The van der Waals surface area contributed by atoms with Gasteiger partial charge >= 0.3 is 0 Å². The maximum atomic E-state index is 13.7. The van der Waals surface area contributed by atoms with Crippen molar-refractivity contribution in [2.75, 3.05) is 39.0 Å². The Bertz CT molecular complexity index is 616. The Balaban J connectivity index is 2.14. The Hall–Kier alpha value is -1.25. The number of likely N-dealkylation sites (tertiary alicyclic amines) is 1. The second-order valence-electron chi connectivity index (χ2n) is 5.18. The summed E-state index contributed by atoms with van der Waals surface area (Å²) in [6.07, 6.45) is 2.22. The van der Waals surface area contributed by atoms with Crippen molar-refractivity contribution in [1.29, 1.82) is 0 Å². The highest BCUT2D eigenvalue weighted by Gasteiger charge is 2.26. The highest BCUT2D eigenvalue weighted by molar-refractivity contribution is 7.89. The van der Waals surface area contributed by atoms with Crippen molar-refractivity contribution in [3.8, 4) is 0 Å². The van der Waals surface area contributed by atoms with Gasteiger partial charge in [-0.25, -0.2) is 17.2 Å². The first-order valence-corrected chi connectivity index (χ1v) is 8.19. The van der Waals surface area contributed by atoms with Crippen molar-refractivity contribution in [2.45, 2.75) is 17.7 Å². The van der Waals surface area contributed by atoms with Crippen LogP contribution in [-0.2, 0) is 10.0 Å². The van der Waals surface area contributed by atoms with Crippen LogP contribution in [0.15, 0.2) is 17.0 Å². The zero-order valence-electron chi connectivity index (χ0n) is 11.8. The van der Waals surface area contributed by atoms with E-state index in [-0.39, 0.29) is 12.2 Å². The number of sulfonamides is 1. The molecule has 21 heavy (non-hydrogen) atoms. The normalized spacial score (nSPS) is 16.8. The summed E-state index contributed by atoms with van der Waals surface area (Å²) in [7, 11) is -2.64. The average Bonchev–Trinajstić information content (AvgIpc) is 2.93. The summed E-state index contributed by atoms with van der Waals surface area (Å²) in [5, 5.41) is 0. The average molecular weight is 319 g/mol. The molecule has 0 aliphatic carbocycles. The van der Waals surface area contributed by atoms with Crippen LogP contribution in [0.2, 0.25) is 0 Å². The second kappa shape index (κ2) is 6.25. The van der Waals surface area contributed by atoms with Gasteiger partial charge in [0.15, 0.2) is 0 Å². The number of likely N-dealkylation sites (N-methyl/N-ethyl adjacent to an activating group) is 1. The second-order valence-corrected chi connectivity index (χ2v) is 7.19. The van der Waals surface area contributed by atoms with E-state index in [1.807, 2.05) is 0 Å². The number of anilines is 1. The third-order valence-electron chi connectivity index (χ3n) is 3.67. The van der Waals surface area contributed by atoms with Gasteiger partial charge in [-0.05, 0) is 32.0 Å². The van der Waals surface area contributed by atoms with Crippen LogP contribution in [0.5, 0.6) is 0 Å². The molecule has 0 unspecified atom stereocenters. The van der Waals surface area contributed by atoms with Gasteiger partial charge in [0, 0.05) is 26.2 Å². The van der Waals surface area contributed by atoms with Gasteiger partial charge in [0.1, 0.15) is 16.5 Å². The molecule has 0 aromatic heterocycles. The van der Waals surface area contributed by atoms with Gasteiger partial charge in [-0.15, -0.1) is 0 Å². The van der Waals surface area contributed by atoms with E-state index in [0.717, 1.165) is 36.3 Å². The molecule has 1 aliphatic heterocycles. The number of hydrogen-bond donors (Lipinski definition) is 1. The molecular formula is C13H19F2N3O2S. The van der Waals surface area contributed by atoms with Gasteiger partial charge < -0.3 is 10.6 Å². The fourth-order valence-electron chi connectivity index (χ4n) is 2.32. The van der Waals surface area contributed by atoms with E-state index in [1.165, 1.54) is 7.05 Å². The van der Waals surface area contributed by atoms with Gasteiger partial charge in [-0.3, -0.25) is 0 Å². The Labute approximate surface area is 123 Å². The number of hydrogen-bond acceptors (Lipinski definition) is 4. The Morgan fingerprint density at radius 2 is 1.86 bits per heavy atom. The fraction of sp³-hybridized carbons (Fsp3) is 0.538. The molecule has 2 rings (SSSR count). The van der Waals surface area contributed by atoms with E-state index < -0.39 is 26.6 Å². The van der Waals surface area contributed by atoms with Crippen LogP contribution in [0.1, 0.15) is 12.8 Å². The molecule has 2 N–H and O–H groups in total. The molecule has 8 heteroatoms. The molecule has 1 aliphatic rings. The smallest absolute Gasteiger partial charge is 0.245 e. The molecule has 1 fully saturated rings. The molecular weight excluding hydrogens is 300 g/mol. The van der Waals surface area contributed by atoms with Crippen molar-refractivity contribution >= 4 is 15.7 Å². The molecule has 0 atom stereocenters. The molecule has 118 valence electrons. The molecule has 0 bridgehead atoms. The zero-order valence-corrected chi connectivity index (χ0v) is 12.7. The largest absolute Gasteiger partial charge is 0.396 e. The minimum absolute atomic E-state index is 0.249. The summed E-state index contributed by atoms with van der Waals surface area (Å²) in [6, 6.07) is 1.32. The van der Waals surface area contributed by atoms with E-state index in [4.69, 9.17) is 5.73 Å². The lowest BCUT2D eigenvalue weighted by atomic mass is 10.3. The third kappa shape index (κ3) is 3.50. The number of benzene rings is 1. The third-order valence-corrected chi connectivity index (χ3v) is 5.54. The SMILES string of the molecule is CN(CCN1CCCC1)S(=O)(=O)c1cc(N)c(F)cc1F. The lowest BCUT2D eigenvalue weighted by Crippen LogP contribution is -2.35. The van der Waals surface area contributed by atoms with Gasteiger partial charge in [0.2, 0.25) is 10.0 Å². The predicted molar refractivity (Wildman–Crippen MR) is 76.3 cm³/mol. The number of halogens is 2. The van der Waals surface area contributed by atoms with E-state index in [9.17, 15) is 17.2 Å². The first-order chi connectivity index (χ1) is 9.82. The number of rotatable bonds is 5. The van der Waals surface area contributed by atoms with Crippen LogP contribution < -0.4 is 5.73 Å². The lowest BCUT2D eigenvalue weighted by molar-refractivity contribution is 0.309. The number of nitrogens with two attached hydrogens (primary N) is 1. The van der Waals surface area contributed by atoms with Gasteiger partial charge in [0.25, 0.3) is 0 Å². The summed E-state index contributed by atoms with van der Waals surface area (Å²) in [5.74, 6) is -2.10. The standard InChI is InChI=1S/C13H19F2N3O2S/c1-17(6-7-18-4-2-3-5-18)21(19,20)13-9-12(16)10(14)8-11(13)15/h8-9H,2-7,16H2,1H3. The van der Waals surface area contributed by atoms with E-state index >= 15 is 0 Å². The van der Waals surface area contributed by atoms with Crippen LogP contribution in [0.4, 0.5) is 14.5 Å². The van der Waals surface area contributed by atoms with Crippen molar-refractivity contribution < 1.29 is 17.2 Å². The van der Waals surface area contributed by atoms with E-state index in [2.05, 4.69) is 4.90 Å². The minimum Gasteiger partial charge on any atom is -0.396 e. The van der Waals surface area contributed by atoms with Crippen LogP contribution in [0, 0.1) is 11.6 Å². The first-order valence-electron chi connectivity index (χ1n) is 6.75. The fourth-order valence-corrected chi connectivity index (χ4v) is 3.56. The molecule has 1 aromatic rings. The molecule has 1 heterocycles. The van der Waals surface area contributed by atoms with Crippen LogP contribution in [0.25, 0.3) is 0 Å². The van der Waals surface area contributed by atoms with Crippen molar-refractivity contribution in [3.63, 3.8) is 0 Å². The molecule has 0 saturated carbocycles. The molecule has 0 amide bonds. The predicted octanol–water partition coefficient (Wildman–Crippen LogP) is 1.26. The van der Waals surface area contributed by atoms with Gasteiger partial charge in [-0.1, -0.05) is 0 Å². The zero-order chi connectivity index (χ0) is 15.6. The first kappa shape index (κ1) is 16.1. The van der Waals surface area contributed by atoms with Crippen LogP contribution in [-0.4, -0.2) is 50.8 Å². The molecule has 0 spiro atoms. The van der Waals surface area contributed by atoms with Crippen molar-refractivity contribution in [1.82, 2.24) is 9.21 Å². The summed E-state index contributed by atoms with van der Waals surface area (Å²) in [4.78, 5) is 1.56. The highest BCUT2D eigenvalue weighted by Crippen LogP contribution is 2.23. The quantitative estimate of drug-likeness (QED) is 0.830. The summed E-state index contributed by atoms with van der Waals surface area (Å²) in [6.45, 7) is 2.74.